The van der Waals surface area contributed by atoms with Crippen molar-refractivity contribution in [2.24, 2.45) is 0 Å². The zero-order valence-electron chi connectivity index (χ0n) is 9.02. The lowest BCUT2D eigenvalue weighted by Crippen LogP contribution is -2.25. The van der Waals surface area contributed by atoms with Crippen LogP contribution in [0, 0.1) is 0 Å². The Bertz CT molecular complexity index is 557. The van der Waals surface area contributed by atoms with Crippen molar-refractivity contribution in [1.29, 1.82) is 0 Å². The molecule has 1 aromatic heterocycles. The van der Waals surface area contributed by atoms with Crippen molar-refractivity contribution in [1.82, 2.24) is 4.98 Å². The maximum absolute atomic E-state index is 12.8. The summed E-state index contributed by atoms with van der Waals surface area (Å²) in [5.74, 6) is 0.658. The van der Waals surface area contributed by atoms with E-state index in [4.69, 9.17) is 4.42 Å². The van der Waals surface area contributed by atoms with E-state index in [0.29, 0.717) is 18.0 Å². The molecular weight excluding hydrogens is 246 g/mol. The third kappa shape index (κ3) is 2.06. The molecule has 0 unspecified atom stereocenters. The van der Waals surface area contributed by atoms with Gasteiger partial charge in [0.15, 0.2) is 17.9 Å². The average molecular weight is 254 g/mol. The summed E-state index contributed by atoms with van der Waals surface area (Å²) in [6, 6.07) is 4.46. The Hall–Kier alpha value is -2.31. The molecule has 0 fully saturated rings. The van der Waals surface area contributed by atoms with Gasteiger partial charge >= 0.3 is 6.29 Å². The number of nitrogens with one attached hydrogen (secondary N) is 1. The van der Waals surface area contributed by atoms with Gasteiger partial charge in [0.05, 0.1) is 12.7 Å². The van der Waals surface area contributed by atoms with Crippen molar-refractivity contribution in [3.05, 3.63) is 36.5 Å². The summed E-state index contributed by atoms with van der Waals surface area (Å²) in [5, 5.41) is 2.99. The van der Waals surface area contributed by atoms with E-state index in [9.17, 15) is 8.78 Å². The largest absolute Gasteiger partial charge is 0.586 e. The number of benzene rings is 1. The van der Waals surface area contributed by atoms with E-state index in [0.717, 1.165) is 0 Å². The van der Waals surface area contributed by atoms with Crippen LogP contribution in [0.5, 0.6) is 11.5 Å². The van der Waals surface area contributed by atoms with E-state index < -0.39 is 6.29 Å². The summed E-state index contributed by atoms with van der Waals surface area (Å²) in [7, 11) is 0. The Morgan fingerprint density at radius 2 is 2.06 bits per heavy atom. The fourth-order valence-corrected chi connectivity index (χ4v) is 1.58. The molecule has 1 N–H and O–H groups in total. The van der Waals surface area contributed by atoms with Crippen molar-refractivity contribution >= 4 is 5.69 Å². The summed E-state index contributed by atoms with van der Waals surface area (Å²) < 4.78 is 39.2. The summed E-state index contributed by atoms with van der Waals surface area (Å²) in [4.78, 5) is 3.76. The Morgan fingerprint density at radius 1 is 1.22 bits per heavy atom. The zero-order chi connectivity index (χ0) is 12.6. The molecule has 0 spiro atoms. The number of rotatable bonds is 3. The molecule has 5 nitrogen and oxygen atoms in total. The first kappa shape index (κ1) is 10.8. The molecule has 0 saturated carbocycles. The van der Waals surface area contributed by atoms with Gasteiger partial charge in [0.2, 0.25) is 0 Å². The molecule has 7 heteroatoms. The lowest BCUT2D eigenvalue weighted by Gasteiger charge is -2.05. The SMILES string of the molecule is FC1(F)Oc2ccc(NCc3cnco3)cc2O1. The predicted molar refractivity (Wildman–Crippen MR) is 56.5 cm³/mol. The lowest BCUT2D eigenvalue weighted by atomic mass is 10.3. The van der Waals surface area contributed by atoms with Crippen molar-refractivity contribution < 1.29 is 22.7 Å². The van der Waals surface area contributed by atoms with Gasteiger partial charge in [0.1, 0.15) is 5.76 Å². The van der Waals surface area contributed by atoms with Crippen LogP contribution in [0.4, 0.5) is 14.5 Å². The summed E-state index contributed by atoms with van der Waals surface area (Å²) in [6.07, 6.45) is -0.711. The second-order valence-electron chi connectivity index (χ2n) is 3.65. The quantitative estimate of drug-likeness (QED) is 0.912. The Kier molecular flexibility index (Phi) is 2.32. The molecule has 1 aliphatic heterocycles. The van der Waals surface area contributed by atoms with E-state index in [1.165, 1.54) is 18.5 Å². The second kappa shape index (κ2) is 3.86. The third-order valence-electron chi connectivity index (χ3n) is 2.35. The number of aromatic nitrogens is 1. The van der Waals surface area contributed by atoms with Gasteiger partial charge in [-0.25, -0.2) is 4.98 Å². The highest BCUT2D eigenvalue weighted by Gasteiger charge is 2.43. The number of ether oxygens (including phenoxy) is 2. The first-order chi connectivity index (χ1) is 8.62. The number of alkyl halides is 2. The molecule has 2 heterocycles. The molecule has 0 amide bonds. The number of hydrogen-bond donors (Lipinski definition) is 1. The van der Waals surface area contributed by atoms with Crippen LogP contribution in [0.3, 0.4) is 0 Å². The van der Waals surface area contributed by atoms with Gasteiger partial charge in [0.25, 0.3) is 0 Å². The van der Waals surface area contributed by atoms with Crippen LogP contribution in [-0.2, 0) is 6.54 Å². The zero-order valence-corrected chi connectivity index (χ0v) is 9.02. The van der Waals surface area contributed by atoms with Crippen LogP contribution in [0.1, 0.15) is 5.76 Å². The fraction of sp³-hybridized carbons (Fsp3) is 0.182. The van der Waals surface area contributed by atoms with E-state index >= 15 is 0 Å². The van der Waals surface area contributed by atoms with Gasteiger partial charge in [-0.15, -0.1) is 8.78 Å². The monoisotopic (exact) mass is 254 g/mol. The molecule has 18 heavy (non-hydrogen) atoms. The fourth-order valence-electron chi connectivity index (χ4n) is 1.58. The Labute approximate surface area is 100 Å². The van der Waals surface area contributed by atoms with Gasteiger partial charge < -0.3 is 19.2 Å². The summed E-state index contributed by atoms with van der Waals surface area (Å²) in [5.41, 5.74) is 0.617. The lowest BCUT2D eigenvalue weighted by molar-refractivity contribution is -0.286. The molecule has 0 atom stereocenters. The average Bonchev–Trinajstić information content (AvgIpc) is 2.90. The number of anilines is 1. The van der Waals surface area contributed by atoms with E-state index in [-0.39, 0.29) is 11.5 Å². The van der Waals surface area contributed by atoms with E-state index in [2.05, 4.69) is 19.8 Å². The van der Waals surface area contributed by atoms with Crippen molar-refractivity contribution in [3.8, 4) is 11.5 Å². The van der Waals surface area contributed by atoms with Crippen molar-refractivity contribution in [3.63, 3.8) is 0 Å². The van der Waals surface area contributed by atoms with Crippen molar-refractivity contribution in [2.75, 3.05) is 5.32 Å². The molecule has 0 aliphatic carbocycles. The number of hydrogen-bond acceptors (Lipinski definition) is 5. The van der Waals surface area contributed by atoms with Gasteiger partial charge in [0, 0.05) is 11.8 Å². The molecule has 0 radical (unpaired) electrons. The van der Waals surface area contributed by atoms with Crippen LogP contribution in [-0.4, -0.2) is 11.3 Å². The highest BCUT2D eigenvalue weighted by Crippen LogP contribution is 2.42. The smallest absolute Gasteiger partial charge is 0.447 e. The summed E-state index contributed by atoms with van der Waals surface area (Å²) >= 11 is 0. The first-order valence-electron chi connectivity index (χ1n) is 5.13. The molecule has 1 aliphatic rings. The summed E-state index contributed by atoms with van der Waals surface area (Å²) in [6.45, 7) is 0.399. The van der Waals surface area contributed by atoms with Crippen molar-refractivity contribution in [2.45, 2.75) is 12.8 Å². The van der Waals surface area contributed by atoms with Crippen LogP contribution in [0.2, 0.25) is 0 Å². The minimum atomic E-state index is -3.59. The molecule has 1 aromatic carbocycles. The van der Waals surface area contributed by atoms with Gasteiger partial charge in [-0.1, -0.05) is 0 Å². The minimum absolute atomic E-state index is 0.00238. The number of halogens is 2. The molecule has 94 valence electrons. The normalized spacial score (nSPS) is 15.7. The molecule has 2 aromatic rings. The molecule has 0 bridgehead atoms. The molecule has 0 saturated heterocycles. The van der Waals surface area contributed by atoms with Gasteiger partial charge in [-0.05, 0) is 12.1 Å². The van der Waals surface area contributed by atoms with E-state index in [1.54, 1.807) is 12.3 Å². The number of nitrogens with zero attached hydrogens (tertiary/aromatic N) is 1. The minimum Gasteiger partial charge on any atom is -0.447 e. The van der Waals surface area contributed by atoms with Gasteiger partial charge in [-0.3, -0.25) is 0 Å². The maximum Gasteiger partial charge on any atom is 0.586 e. The highest BCUT2D eigenvalue weighted by molar-refractivity contribution is 5.55. The predicted octanol–water partition coefficient (Wildman–Crippen LogP) is 2.61. The van der Waals surface area contributed by atoms with E-state index in [1.807, 2.05) is 0 Å². The number of oxazole rings is 1. The standard InChI is InChI=1S/C11H8F2N2O3/c12-11(13)17-9-2-1-7(3-10(9)18-11)15-5-8-4-14-6-16-8/h1-4,6,15H,5H2. The Morgan fingerprint density at radius 3 is 2.83 bits per heavy atom. The third-order valence-corrected chi connectivity index (χ3v) is 2.35. The van der Waals surface area contributed by atoms with Crippen LogP contribution in [0.15, 0.2) is 35.2 Å². The van der Waals surface area contributed by atoms with Crippen LogP contribution >= 0.6 is 0 Å². The van der Waals surface area contributed by atoms with Crippen LogP contribution in [0.25, 0.3) is 0 Å². The number of fused-ring (bicyclic) bond motifs is 1. The maximum atomic E-state index is 12.8. The first-order valence-corrected chi connectivity index (χ1v) is 5.13. The van der Waals surface area contributed by atoms with Gasteiger partial charge in [-0.2, -0.15) is 0 Å². The second-order valence-corrected chi connectivity index (χ2v) is 3.65. The Balaban J connectivity index is 1.72. The van der Waals surface area contributed by atoms with Crippen LogP contribution < -0.4 is 14.8 Å². The topological polar surface area (TPSA) is 56.5 Å². The molecular formula is C11H8F2N2O3. The highest BCUT2D eigenvalue weighted by atomic mass is 19.3. The molecule has 3 rings (SSSR count).